The molecule has 1 fully saturated rings. The van der Waals surface area contributed by atoms with Crippen LogP contribution in [0.4, 0.5) is 5.69 Å². The molecule has 1 N–H and O–H groups in total. The van der Waals surface area contributed by atoms with Crippen LogP contribution in [0.5, 0.6) is 11.6 Å². The molecule has 0 radical (unpaired) electrons. The monoisotopic (exact) mass is 328 g/mol. The maximum atomic E-state index is 12.0. The van der Waals surface area contributed by atoms with Crippen LogP contribution in [-0.2, 0) is 20.7 Å². The molecule has 0 aliphatic carbocycles. The van der Waals surface area contributed by atoms with Crippen LogP contribution in [0.2, 0.25) is 0 Å². The van der Waals surface area contributed by atoms with Crippen molar-refractivity contribution >= 4 is 11.6 Å². The van der Waals surface area contributed by atoms with E-state index in [4.69, 9.17) is 14.2 Å². The third-order valence-electron chi connectivity index (χ3n) is 3.64. The minimum Gasteiger partial charge on any atom is -0.439 e. The summed E-state index contributed by atoms with van der Waals surface area (Å²) in [6, 6.07) is 11.3. The summed E-state index contributed by atoms with van der Waals surface area (Å²) in [4.78, 5) is 16.3. The summed E-state index contributed by atoms with van der Waals surface area (Å²) in [5.74, 6) is 0.978. The number of carbonyl (C=O) groups is 1. The van der Waals surface area contributed by atoms with Crippen LogP contribution in [0.15, 0.2) is 42.6 Å². The molecular formula is C18H20N2O4. The number of aryl methyl sites for hydroxylation is 1. The van der Waals surface area contributed by atoms with Gasteiger partial charge in [-0.3, -0.25) is 4.79 Å². The van der Waals surface area contributed by atoms with E-state index >= 15 is 0 Å². The fraction of sp³-hybridized carbons (Fsp3) is 0.333. The first-order valence-corrected chi connectivity index (χ1v) is 7.97. The number of amides is 1. The zero-order chi connectivity index (χ0) is 16.8. The average Bonchev–Trinajstić information content (AvgIpc) is 2.64. The second kappa shape index (κ2) is 7.90. The minimum absolute atomic E-state index is 0.235. The molecule has 1 saturated heterocycles. The zero-order valence-electron chi connectivity index (χ0n) is 13.5. The molecule has 0 saturated carbocycles. The van der Waals surface area contributed by atoms with Crippen LogP contribution in [0.3, 0.4) is 0 Å². The van der Waals surface area contributed by atoms with Gasteiger partial charge in [0.2, 0.25) is 5.88 Å². The molecule has 0 bridgehead atoms. The summed E-state index contributed by atoms with van der Waals surface area (Å²) in [5, 5.41) is 2.76. The number of hydrogen-bond donors (Lipinski definition) is 1. The second-order valence-corrected chi connectivity index (χ2v) is 5.41. The minimum atomic E-state index is -0.577. The first-order valence-electron chi connectivity index (χ1n) is 7.97. The Hall–Kier alpha value is -2.44. The van der Waals surface area contributed by atoms with E-state index in [0.717, 1.165) is 12.2 Å². The number of hydrogen-bond acceptors (Lipinski definition) is 5. The fourth-order valence-electron chi connectivity index (χ4n) is 2.33. The standard InChI is InChI=1S/C18H20N2O4/c1-2-13-4-3-5-15(10-13)24-17-7-6-14(11-19-17)20-18(21)16-12-22-8-9-23-16/h3-7,10-11,16H,2,8-9,12H2,1H3,(H,20,21)/t16-/m0/s1. The average molecular weight is 328 g/mol. The summed E-state index contributed by atoms with van der Waals surface area (Å²) in [5.41, 5.74) is 1.79. The van der Waals surface area contributed by atoms with Gasteiger partial charge in [-0.05, 0) is 30.2 Å². The van der Waals surface area contributed by atoms with Crippen molar-refractivity contribution in [3.8, 4) is 11.6 Å². The van der Waals surface area contributed by atoms with Gasteiger partial charge in [0, 0.05) is 6.07 Å². The smallest absolute Gasteiger partial charge is 0.255 e. The van der Waals surface area contributed by atoms with E-state index < -0.39 is 6.10 Å². The molecular weight excluding hydrogens is 308 g/mol. The molecule has 0 spiro atoms. The molecule has 1 atom stereocenters. The molecule has 1 aliphatic heterocycles. The SMILES string of the molecule is CCc1cccc(Oc2ccc(NC(=O)[C@@H]3COCCO3)cn2)c1. The number of rotatable bonds is 5. The Morgan fingerprint density at radius 2 is 2.25 bits per heavy atom. The van der Waals surface area contributed by atoms with Gasteiger partial charge in [0.25, 0.3) is 5.91 Å². The van der Waals surface area contributed by atoms with Crippen molar-refractivity contribution in [1.82, 2.24) is 4.98 Å². The van der Waals surface area contributed by atoms with Crippen molar-refractivity contribution in [3.05, 3.63) is 48.2 Å². The summed E-state index contributed by atoms with van der Waals surface area (Å²) in [6.45, 7) is 3.32. The molecule has 1 aromatic carbocycles. The number of benzene rings is 1. The molecule has 1 aliphatic rings. The van der Waals surface area contributed by atoms with Gasteiger partial charge in [0.1, 0.15) is 5.75 Å². The van der Waals surface area contributed by atoms with Crippen LogP contribution in [0, 0.1) is 0 Å². The molecule has 126 valence electrons. The van der Waals surface area contributed by atoms with E-state index in [2.05, 4.69) is 23.3 Å². The Kier molecular flexibility index (Phi) is 5.40. The zero-order valence-corrected chi connectivity index (χ0v) is 13.5. The normalized spacial score (nSPS) is 17.3. The van der Waals surface area contributed by atoms with Gasteiger partial charge in [-0.25, -0.2) is 4.98 Å². The van der Waals surface area contributed by atoms with Crippen LogP contribution in [-0.4, -0.2) is 36.8 Å². The molecule has 2 aromatic rings. The van der Waals surface area contributed by atoms with Gasteiger partial charge in [0.05, 0.1) is 31.7 Å². The van der Waals surface area contributed by atoms with Gasteiger partial charge >= 0.3 is 0 Å². The molecule has 0 unspecified atom stereocenters. The number of nitrogens with zero attached hydrogens (tertiary/aromatic N) is 1. The highest BCUT2D eigenvalue weighted by atomic mass is 16.6. The summed E-state index contributed by atoms with van der Waals surface area (Å²) >= 11 is 0. The Bertz CT molecular complexity index is 682. The van der Waals surface area contributed by atoms with E-state index in [9.17, 15) is 4.79 Å². The number of ether oxygens (including phenoxy) is 3. The maximum absolute atomic E-state index is 12.0. The predicted octanol–water partition coefficient (Wildman–Crippen LogP) is 2.79. The quantitative estimate of drug-likeness (QED) is 0.914. The first kappa shape index (κ1) is 16.4. The lowest BCUT2D eigenvalue weighted by Crippen LogP contribution is -2.39. The number of aromatic nitrogens is 1. The van der Waals surface area contributed by atoms with Crippen LogP contribution in [0.25, 0.3) is 0 Å². The third-order valence-corrected chi connectivity index (χ3v) is 3.64. The summed E-state index contributed by atoms with van der Waals surface area (Å²) in [6.07, 6.45) is 1.93. The predicted molar refractivity (Wildman–Crippen MR) is 89.3 cm³/mol. The fourth-order valence-corrected chi connectivity index (χ4v) is 2.33. The van der Waals surface area contributed by atoms with Crippen LogP contribution < -0.4 is 10.1 Å². The lowest BCUT2D eigenvalue weighted by atomic mass is 10.2. The Morgan fingerprint density at radius 1 is 1.33 bits per heavy atom. The molecule has 3 rings (SSSR count). The number of pyridine rings is 1. The van der Waals surface area contributed by atoms with E-state index in [-0.39, 0.29) is 12.5 Å². The number of anilines is 1. The molecule has 24 heavy (non-hydrogen) atoms. The van der Waals surface area contributed by atoms with Gasteiger partial charge in [-0.15, -0.1) is 0 Å². The van der Waals surface area contributed by atoms with Gasteiger partial charge in [0.15, 0.2) is 6.10 Å². The lowest BCUT2D eigenvalue weighted by Gasteiger charge is -2.21. The molecule has 6 heteroatoms. The largest absolute Gasteiger partial charge is 0.439 e. The molecule has 6 nitrogen and oxygen atoms in total. The van der Waals surface area contributed by atoms with Crippen molar-refractivity contribution in [1.29, 1.82) is 0 Å². The first-order chi connectivity index (χ1) is 11.7. The highest BCUT2D eigenvalue weighted by molar-refractivity contribution is 5.94. The van der Waals surface area contributed by atoms with Gasteiger partial charge in [-0.2, -0.15) is 0 Å². The number of nitrogens with one attached hydrogen (secondary N) is 1. The molecule has 1 amide bonds. The van der Waals surface area contributed by atoms with Crippen molar-refractivity contribution in [2.75, 3.05) is 25.1 Å². The molecule has 2 heterocycles. The Morgan fingerprint density at radius 3 is 2.96 bits per heavy atom. The summed E-state index contributed by atoms with van der Waals surface area (Å²) in [7, 11) is 0. The lowest BCUT2D eigenvalue weighted by molar-refractivity contribution is -0.142. The van der Waals surface area contributed by atoms with Crippen molar-refractivity contribution in [3.63, 3.8) is 0 Å². The third kappa shape index (κ3) is 4.31. The Labute approximate surface area is 140 Å². The number of carbonyl (C=O) groups excluding carboxylic acids is 1. The topological polar surface area (TPSA) is 69.7 Å². The van der Waals surface area contributed by atoms with Crippen molar-refractivity contribution < 1.29 is 19.0 Å². The summed E-state index contributed by atoms with van der Waals surface area (Å²) < 4.78 is 16.3. The highest BCUT2D eigenvalue weighted by Crippen LogP contribution is 2.22. The van der Waals surface area contributed by atoms with Crippen molar-refractivity contribution in [2.45, 2.75) is 19.4 Å². The molecule has 1 aromatic heterocycles. The van der Waals surface area contributed by atoms with Crippen molar-refractivity contribution in [2.24, 2.45) is 0 Å². The maximum Gasteiger partial charge on any atom is 0.255 e. The van der Waals surface area contributed by atoms with Crippen LogP contribution in [0.1, 0.15) is 12.5 Å². The highest BCUT2D eigenvalue weighted by Gasteiger charge is 2.22. The van der Waals surface area contributed by atoms with E-state index in [1.807, 2.05) is 18.2 Å². The van der Waals surface area contributed by atoms with Crippen LogP contribution >= 0.6 is 0 Å². The Balaban J connectivity index is 1.59. The van der Waals surface area contributed by atoms with E-state index in [1.165, 1.54) is 5.56 Å². The van der Waals surface area contributed by atoms with E-state index in [0.29, 0.717) is 24.8 Å². The van der Waals surface area contributed by atoms with Gasteiger partial charge in [-0.1, -0.05) is 19.1 Å². The van der Waals surface area contributed by atoms with Gasteiger partial charge < -0.3 is 19.5 Å². The second-order valence-electron chi connectivity index (χ2n) is 5.41. The van der Waals surface area contributed by atoms with E-state index in [1.54, 1.807) is 18.3 Å².